The second kappa shape index (κ2) is 29.6. The van der Waals surface area contributed by atoms with E-state index >= 15 is 0 Å². The summed E-state index contributed by atoms with van der Waals surface area (Å²) in [5.74, 6) is 0. The van der Waals surface area contributed by atoms with E-state index in [2.05, 4.69) is 13.8 Å². The van der Waals surface area contributed by atoms with Crippen molar-refractivity contribution >= 4 is 0 Å². The van der Waals surface area contributed by atoms with Gasteiger partial charge in [-0.25, -0.2) is 0 Å². The van der Waals surface area contributed by atoms with Gasteiger partial charge in [-0.1, -0.05) is 87.5 Å². The van der Waals surface area contributed by atoms with E-state index in [1.807, 2.05) is 13.8 Å². The first-order valence-corrected chi connectivity index (χ1v) is 5.41. The highest BCUT2D eigenvalue weighted by molar-refractivity contribution is 4.51. The van der Waals surface area contributed by atoms with Crippen molar-refractivity contribution in [1.82, 2.24) is 0 Å². The Balaban J connectivity index is -0.0000000517. The predicted octanol–water partition coefficient (Wildman–Crippen LogP) is 6.06. The normalized spacial score (nSPS) is 12.9. The Hall–Kier alpha value is 0. The minimum absolute atomic E-state index is 0. The highest BCUT2D eigenvalue weighted by atomic mass is 14.0. The van der Waals surface area contributed by atoms with Crippen LogP contribution < -0.4 is 0 Å². The molecule has 0 heteroatoms. The fourth-order valence-corrected chi connectivity index (χ4v) is 1.06. The van der Waals surface area contributed by atoms with E-state index < -0.39 is 0 Å². The summed E-state index contributed by atoms with van der Waals surface area (Å²) < 4.78 is 0. The van der Waals surface area contributed by atoms with Gasteiger partial charge in [0.2, 0.25) is 0 Å². The fourth-order valence-electron chi connectivity index (χ4n) is 1.06. The molecular formula is C13H34. The van der Waals surface area contributed by atoms with Gasteiger partial charge < -0.3 is 0 Å². The third-order valence-electron chi connectivity index (χ3n) is 1.50. The van der Waals surface area contributed by atoms with Crippen LogP contribution in [-0.4, -0.2) is 0 Å². The first-order chi connectivity index (χ1) is 5.41. The van der Waals surface area contributed by atoms with E-state index in [-0.39, 0.29) is 14.9 Å². The topological polar surface area (TPSA) is 0 Å². The molecule has 0 N–H and O–H groups in total. The van der Waals surface area contributed by atoms with E-state index in [1.54, 1.807) is 0 Å². The van der Waals surface area contributed by atoms with Gasteiger partial charge in [-0.2, -0.15) is 0 Å². The summed E-state index contributed by atoms with van der Waals surface area (Å²) in [4.78, 5) is 0. The van der Waals surface area contributed by atoms with Gasteiger partial charge in [0.25, 0.3) is 0 Å². The Kier molecular flexibility index (Phi) is 52.7. The first-order valence-electron chi connectivity index (χ1n) is 5.41. The molecule has 1 fully saturated rings. The van der Waals surface area contributed by atoms with Crippen LogP contribution in [0.5, 0.6) is 0 Å². The first kappa shape index (κ1) is 23.1. The summed E-state index contributed by atoms with van der Waals surface area (Å²) in [6.45, 7) is 8.25. The third-order valence-corrected chi connectivity index (χ3v) is 1.50. The summed E-state index contributed by atoms with van der Waals surface area (Å²) in [5, 5.41) is 0. The molecule has 0 heterocycles. The van der Waals surface area contributed by atoms with Gasteiger partial charge in [0, 0.05) is 0 Å². The van der Waals surface area contributed by atoms with E-state index in [0.29, 0.717) is 0 Å². The minimum atomic E-state index is 0. The van der Waals surface area contributed by atoms with Crippen LogP contribution in [0.2, 0.25) is 0 Å². The van der Waals surface area contributed by atoms with Gasteiger partial charge >= 0.3 is 0 Å². The van der Waals surface area contributed by atoms with Crippen molar-refractivity contribution in [3.63, 3.8) is 0 Å². The molecule has 0 radical (unpaired) electrons. The molecule has 0 aliphatic heterocycles. The average molecular weight is 190 g/mol. The maximum Gasteiger partial charge on any atom is -0.0533 e. The lowest BCUT2D eigenvalue weighted by atomic mass is 10.0. The number of rotatable bonds is 0. The van der Waals surface area contributed by atoms with Gasteiger partial charge in [0.05, 0.1) is 0 Å². The van der Waals surface area contributed by atoms with Crippen molar-refractivity contribution in [3.8, 4) is 0 Å². The van der Waals surface area contributed by atoms with Crippen LogP contribution in [0.4, 0.5) is 0 Å². The maximum absolute atomic E-state index is 2.12. The number of hydrogen-bond acceptors (Lipinski definition) is 0. The van der Waals surface area contributed by atoms with Gasteiger partial charge in [-0.15, -0.1) is 0 Å². The van der Waals surface area contributed by atoms with Crippen molar-refractivity contribution in [2.24, 2.45) is 0 Å². The smallest absolute Gasteiger partial charge is 0.0533 e. The molecule has 1 saturated carbocycles. The predicted molar refractivity (Wildman–Crippen MR) is 68.5 cm³/mol. The second-order valence-corrected chi connectivity index (χ2v) is 2.83. The Bertz CT molecular complexity index is 23.8. The van der Waals surface area contributed by atoms with Crippen LogP contribution >= 0.6 is 0 Å². The Labute approximate surface area is 88.1 Å². The molecule has 0 bridgehead atoms. The molecule has 0 aromatic rings. The van der Waals surface area contributed by atoms with Gasteiger partial charge in [-0.3, -0.25) is 0 Å². The van der Waals surface area contributed by atoms with E-state index in [4.69, 9.17) is 0 Å². The highest BCUT2D eigenvalue weighted by Crippen LogP contribution is 2.15. The molecule has 1 aliphatic carbocycles. The maximum atomic E-state index is 2.12. The van der Waals surface area contributed by atoms with Gasteiger partial charge in [0.1, 0.15) is 0 Å². The zero-order valence-corrected chi connectivity index (χ0v) is 8.95. The second-order valence-electron chi connectivity index (χ2n) is 2.83. The Morgan fingerprint density at radius 3 is 0.769 bits per heavy atom. The van der Waals surface area contributed by atoms with Crippen LogP contribution in [0, 0.1) is 0 Å². The Morgan fingerprint density at radius 1 is 0.615 bits per heavy atom. The number of hydrogen-bond donors (Lipinski definition) is 0. The molecular weight excluding hydrogens is 156 g/mol. The molecule has 13 heavy (non-hydrogen) atoms. The monoisotopic (exact) mass is 190 g/mol. The van der Waals surface area contributed by atoms with Crippen molar-refractivity contribution in [3.05, 3.63) is 0 Å². The van der Waals surface area contributed by atoms with Crippen molar-refractivity contribution in [2.75, 3.05) is 0 Å². The molecule has 1 aliphatic rings. The summed E-state index contributed by atoms with van der Waals surface area (Å²) in [6.07, 6.45) is 10.2. The highest BCUT2D eigenvalue weighted by Gasteiger charge is 1.95. The summed E-state index contributed by atoms with van der Waals surface area (Å²) in [7, 11) is 0. The molecule has 0 atom stereocenters. The van der Waals surface area contributed by atoms with Crippen LogP contribution in [0.25, 0.3) is 0 Å². The van der Waals surface area contributed by atoms with Gasteiger partial charge in [-0.05, 0) is 0 Å². The van der Waals surface area contributed by atoms with Crippen LogP contribution in [0.15, 0.2) is 0 Å². The largest absolute Gasteiger partial charge is 0.0776 e. The SMILES string of the molecule is C.C.C1CCCCC1.CC.CCC. The summed E-state index contributed by atoms with van der Waals surface area (Å²) >= 11 is 0. The molecule has 0 nitrogen and oxygen atoms in total. The lowest BCUT2D eigenvalue weighted by molar-refractivity contribution is 0.504. The minimum Gasteiger partial charge on any atom is -0.0776 e. The van der Waals surface area contributed by atoms with Gasteiger partial charge in [0.15, 0.2) is 0 Å². The molecule has 0 unspecified atom stereocenters. The van der Waals surface area contributed by atoms with Crippen LogP contribution in [0.3, 0.4) is 0 Å². The van der Waals surface area contributed by atoms with Crippen LogP contribution in [0.1, 0.15) is 87.5 Å². The van der Waals surface area contributed by atoms with Crippen molar-refractivity contribution in [1.29, 1.82) is 0 Å². The van der Waals surface area contributed by atoms with E-state index in [0.717, 1.165) is 0 Å². The van der Waals surface area contributed by atoms with E-state index in [9.17, 15) is 0 Å². The molecule has 0 amide bonds. The fraction of sp³-hybridized carbons (Fsp3) is 1.00. The lowest BCUT2D eigenvalue weighted by Gasteiger charge is -2.05. The zero-order valence-electron chi connectivity index (χ0n) is 8.95. The molecule has 0 aromatic heterocycles. The summed E-state index contributed by atoms with van der Waals surface area (Å²) in [6, 6.07) is 0. The van der Waals surface area contributed by atoms with Crippen molar-refractivity contribution in [2.45, 2.75) is 87.5 Å². The zero-order chi connectivity index (χ0) is 8.95. The quantitative estimate of drug-likeness (QED) is 0.436. The summed E-state index contributed by atoms with van der Waals surface area (Å²) in [5.41, 5.74) is 0. The Morgan fingerprint density at radius 2 is 0.692 bits per heavy atom. The molecule has 86 valence electrons. The molecule has 0 spiro atoms. The molecule has 0 saturated heterocycles. The average Bonchev–Trinajstić information content (AvgIpc) is 2.12. The standard InChI is InChI=1S/C6H12.C3H8.C2H6.2CH4/c1-2-4-6-5-3-1;1-3-2;1-2;;/h1-6H2;3H2,1-2H3;1-2H3;2*1H4. The van der Waals surface area contributed by atoms with Crippen molar-refractivity contribution < 1.29 is 0 Å². The molecule has 1 rings (SSSR count). The van der Waals surface area contributed by atoms with Crippen LogP contribution in [-0.2, 0) is 0 Å². The third kappa shape index (κ3) is 33.3. The lowest BCUT2D eigenvalue weighted by Crippen LogP contribution is -1.85. The molecule has 0 aromatic carbocycles. The van der Waals surface area contributed by atoms with E-state index in [1.165, 1.54) is 44.9 Å².